The second-order valence-corrected chi connectivity index (χ2v) is 5.91. The first-order valence-electron chi connectivity index (χ1n) is 6.68. The Morgan fingerprint density at radius 3 is 2.58 bits per heavy atom. The summed E-state index contributed by atoms with van der Waals surface area (Å²) in [6.07, 6.45) is 0. The number of rotatable bonds is 3. The summed E-state index contributed by atoms with van der Waals surface area (Å²) in [5.74, 6) is 1.77. The molecule has 0 amide bonds. The van der Waals surface area contributed by atoms with Gasteiger partial charge in [-0.25, -0.2) is 4.98 Å². The quantitative estimate of drug-likeness (QED) is 0.923. The number of ether oxygens (including phenoxy) is 1. The van der Waals surface area contributed by atoms with E-state index in [2.05, 4.69) is 32.3 Å². The summed E-state index contributed by atoms with van der Waals surface area (Å²) in [5.41, 5.74) is 8.40. The molecule has 2 aromatic rings. The van der Waals surface area contributed by atoms with Gasteiger partial charge in [0, 0.05) is 12.6 Å². The lowest BCUT2D eigenvalue weighted by Crippen LogP contribution is -2.29. The van der Waals surface area contributed by atoms with Crippen LogP contribution in [0, 0.1) is 5.41 Å². The van der Waals surface area contributed by atoms with E-state index in [0.29, 0.717) is 0 Å². The van der Waals surface area contributed by atoms with E-state index in [0.717, 1.165) is 29.2 Å². The molecule has 0 radical (unpaired) electrons. The highest BCUT2D eigenvalue weighted by atomic mass is 16.5. The minimum Gasteiger partial charge on any atom is -0.497 e. The molecule has 0 aliphatic heterocycles. The number of aromatic nitrogens is 2. The van der Waals surface area contributed by atoms with Crippen LogP contribution < -0.4 is 10.5 Å². The highest BCUT2D eigenvalue weighted by Gasteiger charge is 2.27. The molecule has 0 fully saturated rings. The highest BCUT2D eigenvalue weighted by molar-refractivity contribution is 5.78. The van der Waals surface area contributed by atoms with Crippen LogP contribution in [0.1, 0.15) is 39.6 Å². The number of nitrogens with zero attached hydrogens (tertiary/aromatic N) is 2. The third kappa shape index (κ3) is 2.45. The zero-order valence-corrected chi connectivity index (χ0v) is 12.4. The summed E-state index contributed by atoms with van der Waals surface area (Å²) in [7, 11) is 1.67. The number of nitrogens with two attached hydrogens (primary N) is 1. The lowest BCUT2D eigenvalue weighted by atomic mass is 9.87. The highest BCUT2D eigenvalue weighted by Crippen LogP contribution is 2.32. The molecule has 0 spiro atoms. The molecule has 4 nitrogen and oxygen atoms in total. The maximum absolute atomic E-state index is 6.37. The molecule has 1 unspecified atom stereocenters. The Morgan fingerprint density at radius 1 is 1.37 bits per heavy atom. The predicted octanol–water partition coefficient (Wildman–Crippen LogP) is 3.11. The van der Waals surface area contributed by atoms with E-state index < -0.39 is 0 Å². The molecular formula is C15H23N3O. The van der Waals surface area contributed by atoms with Crippen molar-refractivity contribution in [3.05, 3.63) is 24.0 Å². The van der Waals surface area contributed by atoms with Gasteiger partial charge in [0.2, 0.25) is 0 Å². The fourth-order valence-electron chi connectivity index (χ4n) is 2.21. The van der Waals surface area contributed by atoms with Gasteiger partial charge in [0.1, 0.15) is 11.6 Å². The Bertz CT molecular complexity index is 581. The molecule has 0 aliphatic carbocycles. The molecule has 0 saturated heterocycles. The topological polar surface area (TPSA) is 53.1 Å². The van der Waals surface area contributed by atoms with Crippen LogP contribution in [-0.2, 0) is 6.54 Å². The molecule has 0 aliphatic rings. The van der Waals surface area contributed by atoms with Crippen LogP contribution in [0.4, 0.5) is 0 Å². The van der Waals surface area contributed by atoms with E-state index in [-0.39, 0.29) is 11.5 Å². The Balaban J connectivity index is 2.61. The molecule has 4 heteroatoms. The molecule has 1 atom stereocenters. The average molecular weight is 261 g/mol. The molecule has 2 rings (SSSR count). The molecule has 1 heterocycles. The van der Waals surface area contributed by atoms with Crippen LogP contribution in [0.25, 0.3) is 11.0 Å². The molecule has 1 aromatic heterocycles. The second kappa shape index (κ2) is 4.85. The van der Waals surface area contributed by atoms with Crippen LogP contribution >= 0.6 is 0 Å². The van der Waals surface area contributed by atoms with Crippen molar-refractivity contribution in [1.82, 2.24) is 9.55 Å². The summed E-state index contributed by atoms with van der Waals surface area (Å²) in [4.78, 5) is 4.72. The molecule has 2 N–H and O–H groups in total. The molecule has 104 valence electrons. The van der Waals surface area contributed by atoms with Gasteiger partial charge in [0.15, 0.2) is 0 Å². The van der Waals surface area contributed by atoms with E-state index in [1.54, 1.807) is 7.11 Å². The Kier molecular flexibility index (Phi) is 3.54. The summed E-state index contributed by atoms with van der Waals surface area (Å²) >= 11 is 0. The van der Waals surface area contributed by atoms with E-state index in [9.17, 15) is 0 Å². The van der Waals surface area contributed by atoms with Gasteiger partial charge in [0.05, 0.1) is 24.2 Å². The van der Waals surface area contributed by atoms with Crippen molar-refractivity contribution in [1.29, 1.82) is 0 Å². The minimum absolute atomic E-state index is 0.0155. The Morgan fingerprint density at radius 2 is 2.05 bits per heavy atom. The van der Waals surface area contributed by atoms with Gasteiger partial charge in [-0.05, 0) is 24.5 Å². The predicted molar refractivity (Wildman–Crippen MR) is 78.3 cm³/mol. The normalized spacial score (nSPS) is 13.8. The second-order valence-electron chi connectivity index (χ2n) is 5.91. The van der Waals surface area contributed by atoms with Gasteiger partial charge in [-0.3, -0.25) is 0 Å². The van der Waals surface area contributed by atoms with E-state index in [1.807, 2.05) is 18.2 Å². The largest absolute Gasteiger partial charge is 0.497 e. The number of imidazole rings is 1. The number of hydrogen-bond acceptors (Lipinski definition) is 3. The maximum atomic E-state index is 6.37. The number of benzene rings is 1. The average Bonchev–Trinajstić information content (AvgIpc) is 2.73. The third-order valence-corrected chi connectivity index (χ3v) is 3.51. The lowest BCUT2D eigenvalue weighted by Gasteiger charge is -2.26. The van der Waals surface area contributed by atoms with Crippen LogP contribution in [-0.4, -0.2) is 16.7 Å². The summed E-state index contributed by atoms with van der Waals surface area (Å²) in [5, 5.41) is 0. The third-order valence-electron chi connectivity index (χ3n) is 3.51. The van der Waals surface area contributed by atoms with Gasteiger partial charge >= 0.3 is 0 Å². The minimum atomic E-state index is -0.0918. The van der Waals surface area contributed by atoms with Crippen LogP contribution in [0.3, 0.4) is 0 Å². The smallest absolute Gasteiger partial charge is 0.127 e. The number of fused-ring (bicyclic) bond motifs is 1. The van der Waals surface area contributed by atoms with Crippen molar-refractivity contribution in [2.24, 2.45) is 11.1 Å². The summed E-state index contributed by atoms with van der Waals surface area (Å²) < 4.78 is 7.44. The van der Waals surface area contributed by atoms with Gasteiger partial charge in [0.25, 0.3) is 0 Å². The molecule has 19 heavy (non-hydrogen) atoms. The van der Waals surface area contributed by atoms with Crippen molar-refractivity contribution in [2.75, 3.05) is 7.11 Å². The van der Waals surface area contributed by atoms with Crippen molar-refractivity contribution in [3.8, 4) is 5.75 Å². The molecular weight excluding hydrogens is 238 g/mol. The first-order valence-corrected chi connectivity index (χ1v) is 6.68. The van der Waals surface area contributed by atoms with E-state index in [1.165, 1.54) is 0 Å². The number of methoxy groups -OCH3 is 1. The van der Waals surface area contributed by atoms with Crippen LogP contribution in [0.15, 0.2) is 18.2 Å². The van der Waals surface area contributed by atoms with Gasteiger partial charge < -0.3 is 15.0 Å². The van der Waals surface area contributed by atoms with Crippen molar-refractivity contribution >= 4 is 11.0 Å². The zero-order valence-electron chi connectivity index (χ0n) is 12.4. The zero-order chi connectivity index (χ0) is 14.2. The maximum Gasteiger partial charge on any atom is 0.127 e. The Hall–Kier alpha value is -1.55. The summed E-state index contributed by atoms with van der Waals surface area (Å²) in [6.45, 7) is 9.39. The first-order chi connectivity index (χ1) is 8.88. The fraction of sp³-hybridized carbons (Fsp3) is 0.533. The van der Waals surface area contributed by atoms with Gasteiger partial charge in [-0.2, -0.15) is 0 Å². The van der Waals surface area contributed by atoms with Crippen LogP contribution in [0.5, 0.6) is 5.75 Å². The monoisotopic (exact) mass is 261 g/mol. The van der Waals surface area contributed by atoms with Crippen molar-refractivity contribution in [2.45, 2.75) is 40.3 Å². The van der Waals surface area contributed by atoms with Gasteiger partial charge in [-0.15, -0.1) is 0 Å². The summed E-state index contributed by atoms with van der Waals surface area (Å²) in [6, 6.07) is 5.87. The lowest BCUT2D eigenvalue weighted by molar-refractivity contribution is 0.309. The molecule has 1 aromatic carbocycles. The SMILES string of the molecule is CCn1c(C(N)C(C)(C)C)nc2cc(OC)ccc21. The number of aryl methyl sites for hydroxylation is 1. The molecule has 0 saturated carbocycles. The van der Waals surface area contributed by atoms with Crippen molar-refractivity contribution < 1.29 is 4.74 Å². The fourth-order valence-corrected chi connectivity index (χ4v) is 2.21. The van der Waals surface area contributed by atoms with E-state index in [4.69, 9.17) is 15.5 Å². The van der Waals surface area contributed by atoms with Gasteiger partial charge in [-0.1, -0.05) is 20.8 Å². The van der Waals surface area contributed by atoms with Crippen molar-refractivity contribution in [3.63, 3.8) is 0 Å². The molecule has 0 bridgehead atoms. The van der Waals surface area contributed by atoms with Crippen LogP contribution in [0.2, 0.25) is 0 Å². The Labute approximate surface area is 114 Å². The number of hydrogen-bond donors (Lipinski definition) is 1. The first kappa shape index (κ1) is 13.9. The standard InChI is InChI=1S/C15H23N3O/c1-6-18-12-8-7-10(19-5)9-11(12)17-14(18)13(16)15(2,3)4/h7-9,13H,6,16H2,1-5H3. The van der Waals surface area contributed by atoms with E-state index >= 15 is 0 Å².